The molecule has 0 rings (SSSR count). The number of ether oxygens (including phenoxy) is 2. The predicted octanol–water partition coefficient (Wildman–Crippen LogP) is -0.0550. The maximum Gasteiger partial charge on any atom is 0.322 e. The number of carbonyl (C=O) groups is 1. The van der Waals surface area contributed by atoms with Crippen LogP contribution in [0.1, 0.15) is 6.42 Å². The van der Waals surface area contributed by atoms with Crippen molar-refractivity contribution >= 4 is 18.4 Å². The van der Waals surface area contributed by atoms with Crippen molar-refractivity contribution in [3.05, 3.63) is 0 Å². The van der Waals surface area contributed by atoms with Crippen LogP contribution in [0.2, 0.25) is 0 Å². The van der Waals surface area contributed by atoms with Crippen LogP contribution < -0.4 is 5.73 Å². The van der Waals surface area contributed by atoms with E-state index >= 15 is 0 Å². The van der Waals surface area contributed by atoms with E-state index in [0.717, 1.165) is 0 Å². The summed E-state index contributed by atoms with van der Waals surface area (Å²) >= 11 is 0. The lowest BCUT2D eigenvalue weighted by Gasteiger charge is -2.06. The van der Waals surface area contributed by atoms with E-state index in [4.69, 9.17) is 10.5 Å². The molecule has 0 radical (unpaired) electrons. The lowest BCUT2D eigenvalue weighted by Crippen LogP contribution is -2.32. The topological polar surface area (TPSA) is 61.5 Å². The van der Waals surface area contributed by atoms with E-state index in [1.165, 1.54) is 7.11 Å². The van der Waals surface area contributed by atoms with Gasteiger partial charge in [-0.2, -0.15) is 0 Å². The van der Waals surface area contributed by atoms with Gasteiger partial charge >= 0.3 is 5.97 Å². The summed E-state index contributed by atoms with van der Waals surface area (Å²) in [6.45, 7) is 0.482. The Kier molecular flexibility index (Phi) is 9.40. The fraction of sp³-hybridized carbons (Fsp3) is 0.833. The van der Waals surface area contributed by atoms with Crippen molar-refractivity contribution in [2.75, 3.05) is 20.8 Å². The molecule has 0 bridgehead atoms. The normalized spacial score (nSPS) is 11.5. The number of hydrogen-bond donors (Lipinski definition) is 1. The Labute approximate surface area is 72.4 Å². The van der Waals surface area contributed by atoms with Crippen molar-refractivity contribution in [3.63, 3.8) is 0 Å². The molecule has 68 valence electrons. The van der Waals surface area contributed by atoms with Crippen molar-refractivity contribution < 1.29 is 14.3 Å². The quantitative estimate of drug-likeness (QED) is 0.621. The van der Waals surface area contributed by atoms with Gasteiger partial charge in [0.15, 0.2) is 0 Å². The average Bonchev–Trinajstić information content (AvgIpc) is 1.98. The van der Waals surface area contributed by atoms with Crippen molar-refractivity contribution in [1.82, 2.24) is 0 Å². The van der Waals surface area contributed by atoms with Crippen LogP contribution in [-0.4, -0.2) is 32.8 Å². The molecule has 2 N–H and O–H groups in total. The first-order valence-electron chi connectivity index (χ1n) is 3.04. The number of hydrogen-bond acceptors (Lipinski definition) is 4. The van der Waals surface area contributed by atoms with Gasteiger partial charge in [0.25, 0.3) is 0 Å². The second-order valence-corrected chi connectivity index (χ2v) is 1.91. The highest BCUT2D eigenvalue weighted by Gasteiger charge is 2.11. The lowest BCUT2D eigenvalue weighted by atomic mass is 10.2. The average molecular weight is 184 g/mol. The number of carbonyl (C=O) groups excluding carboxylic acids is 1. The van der Waals surface area contributed by atoms with Crippen LogP contribution in [0.15, 0.2) is 0 Å². The fourth-order valence-electron chi connectivity index (χ4n) is 0.514. The maximum absolute atomic E-state index is 10.6. The molecule has 0 aliphatic heterocycles. The summed E-state index contributed by atoms with van der Waals surface area (Å²) in [6.07, 6.45) is 0.503. The van der Waals surface area contributed by atoms with Gasteiger partial charge in [0.1, 0.15) is 6.04 Å². The lowest BCUT2D eigenvalue weighted by molar-refractivity contribution is -0.142. The molecule has 0 aromatic rings. The highest BCUT2D eigenvalue weighted by atomic mass is 35.5. The molecule has 0 aliphatic rings. The SMILES string of the molecule is COCC[C@H](N)C(=O)OC.Cl. The van der Waals surface area contributed by atoms with Gasteiger partial charge in [-0.3, -0.25) is 4.79 Å². The van der Waals surface area contributed by atoms with Crippen LogP contribution in [0, 0.1) is 0 Å². The molecule has 0 unspecified atom stereocenters. The van der Waals surface area contributed by atoms with Gasteiger partial charge in [-0.25, -0.2) is 0 Å². The number of rotatable bonds is 4. The van der Waals surface area contributed by atoms with E-state index in [9.17, 15) is 4.79 Å². The molecule has 5 heteroatoms. The van der Waals surface area contributed by atoms with Crippen molar-refractivity contribution in [2.24, 2.45) is 5.73 Å². The Morgan fingerprint density at radius 3 is 2.45 bits per heavy atom. The number of halogens is 1. The molecule has 4 nitrogen and oxygen atoms in total. The molecule has 0 fully saturated rings. The minimum absolute atomic E-state index is 0. The zero-order chi connectivity index (χ0) is 7.98. The highest BCUT2D eigenvalue weighted by Crippen LogP contribution is 1.90. The molecule has 0 aliphatic carbocycles. The van der Waals surface area contributed by atoms with Crippen LogP contribution in [0.3, 0.4) is 0 Å². The van der Waals surface area contributed by atoms with Crippen molar-refractivity contribution in [3.8, 4) is 0 Å². The molecule has 1 atom stereocenters. The number of nitrogens with two attached hydrogens (primary N) is 1. The van der Waals surface area contributed by atoms with Crippen LogP contribution in [0.25, 0.3) is 0 Å². The van der Waals surface area contributed by atoms with Crippen LogP contribution in [0.4, 0.5) is 0 Å². The third-order valence-electron chi connectivity index (χ3n) is 1.14. The molecule has 0 saturated heterocycles. The maximum atomic E-state index is 10.6. The molecule has 0 aromatic heterocycles. The molecule has 11 heavy (non-hydrogen) atoms. The zero-order valence-electron chi connectivity index (χ0n) is 6.70. The molecule has 0 spiro atoms. The van der Waals surface area contributed by atoms with E-state index < -0.39 is 12.0 Å². The van der Waals surface area contributed by atoms with Crippen LogP contribution in [0.5, 0.6) is 0 Å². The summed E-state index contributed by atoms with van der Waals surface area (Å²) < 4.78 is 9.11. The first-order valence-corrected chi connectivity index (χ1v) is 3.04. The smallest absolute Gasteiger partial charge is 0.322 e. The Bertz CT molecular complexity index is 110. The van der Waals surface area contributed by atoms with Gasteiger partial charge in [-0.1, -0.05) is 0 Å². The van der Waals surface area contributed by atoms with Crippen LogP contribution in [-0.2, 0) is 14.3 Å². The van der Waals surface area contributed by atoms with Gasteiger partial charge < -0.3 is 15.2 Å². The summed E-state index contributed by atoms with van der Waals surface area (Å²) in [7, 11) is 2.87. The molecular weight excluding hydrogens is 170 g/mol. The van der Waals surface area contributed by atoms with Gasteiger partial charge in [0.05, 0.1) is 7.11 Å². The minimum Gasteiger partial charge on any atom is -0.468 e. The second-order valence-electron chi connectivity index (χ2n) is 1.91. The Hall–Kier alpha value is -0.320. The van der Waals surface area contributed by atoms with E-state index in [2.05, 4.69) is 4.74 Å². The molecule has 0 amide bonds. The van der Waals surface area contributed by atoms with Crippen molar-refractivity contribution in [2.45, 2.75) is 12.5 Å². The standard InChI is InChI=1S/C6H13NO3.ClH/c1-9-4-3-5(7)6(8)10-2;/h5H,3-4,7H2,1-2H3;1H/t5-;/m0./s1. The third kappa shape index (κ3) is 6.09. The summed E-state index contributed by atoms with van der Waals surface area (Å²) in [6, 6.07) is -0.551. The summed E-state index contributed by atoms with van der Waals surface area (Å²) in [5.74, 6) is -0.392. The largest absolute Gasteiger partial charge is 0.468 e. The molecule has 0 aromatic carbocycles. The predicted molar refractivity (Wildman–Crippen MR) is 43.7 cm³/mol. The Morgan fingerprint density at radius 2 is 2.09 bits per heavy atom. The monoisotopic (exact) mass is 183 g/mol. The Morgan fingerprint density at radius 1 is 1.55 bits per heavy atom. The van der Waals surface area contributed by atoms with Crippen LogP contribution >= 0.6 is 12.4 Å². The van der Waals surface area contributed by atoms with E-state index in [-0.39, 0.29) is 12.4 Å². The van der Waals surface area contributed by atoms with Gasteiger partial charge in [-0.05, 0) is 6.42 Å². The van der Waals surface area contributed by atoms with E-state index in [1.54, 1.807) is 7.11 Å². The Balaban J connectivity index is 0. The second kappa shape index (κ2) is 7.78. The number of esters is 1. The number of methoxy groups -OCH3 is 2. The molecular formula is C6H14ClNO3. The first kappa shape index (κ1) is 13.3. The van der Waals surface area contributed by atoms with E-state index in [1.807, 2.05) is 0 Å². The van der Waals surface area contributed by atoms with Crippen molar-refractivity contribution in [1.29, 1.82) is 0 Å². The summed E-state index contributed by atoms with van der Waals surface area (Å²) in [4.78, 5) is 10.6. The molecule has 0 heterocycles. The fourth-order valence-corrected chi connectivity index (χ4v) is 0.514. The highest BCUT2D eigenvalue weighted by molar-refractivity contribution is 5.85. The summed E-state index contributed by atoms with van der Waals surface area (Å²) in [5.41, 5.74) is 5.36. The molecule has 0 saturated carbocycles. The zero-order valence-corrected chi connectivity index (χ0v) is 7.52. The van der Waals surface area contributed by atoms with Gasteiger partial charge in [0, 0.05) is 13.7 Å². The van der Waals surface area contributed by atoms with Gasteiger partial charge in [-0.15, -0.1) is 12.4 Å². The first-order chi connectivity index (χ1) is 4.72. The van der Waals surface area contributed by atoms with Gasteiger partial charge in [0.2, 0.25) is 0 Å². The third-order valence-corrected chi connectivity index (χ3v) is 1.14. The van der Waals surface area contributed by atoms with E-state index in [0.29, 0.717) is 13.0 Å². The summed E-state index contributed by atoms with van der Waals surface area (Å²) in [5, 5.41) is 0. The minimum atomic E-state index is -0.551.